The van der Waals surface area contributed by atoms with E-state index in [1.165, 1.54) is 0 Å². The van der Waals surface area contributed by atoms with Crippen LogP contribution in [0.15, 0.2) is 30.3 Å². The molecule has 1 unspecified atom stereocenters. The van der Waals surface area contributed by atoms with Gasteiger partial charge in [-0.1, -0.05) is 30.3 Å². The molecule has 112 valence electrons. The molecule has 0 saturated heterocycles. The first kappa shape index (κ1) is 17.0. The fourth-order valence-electron chi connectivity index (χ4n) is 1.98. The van der Waals surface area contributed by atoms with E-state index >= 15 is 0 Å². The van der Waals surface area contributed by atoms with Crippen molar-refractivity contribution >= 4 is 18.0 Å². The molecule has 1 aromatic rings. The number of alkyl halides is 1. The van der Waals surface area contributed by atoms with Crippen molar-refractivity contribution in [3.8, 4) is 0 Å². The Labute approximate surface area is 125 Å². The lowest BCUT2D eigenvalue weighted by atomic mass is 9.97. The van der Waals surface area contributed by atoms with Gasteiger partial charge in [0, 0.05) is 0 Å². The Hall–Kier alpha value is -1.10. The first-order chi connectivity index (χ1) is 9.39. The Morgan fingerprint density at radius 2 is 1.95 bits per heavy atom. The largest absolute Gasteiger partial charge is 0.389 e. The highest BCUT2D eigenvalue weighted by Crippen LogP contribution is 2.26. The van der Waals surface area contributed by atoms with Crippen LogP contribution >= 0.6 is 11.6 Å². The topological polar surface area (TPSA) is 58.6 Å². The maximum Gasteiger partial charge on any atom is 0.207 e. The third kappa shape index (κ3) is 5.12. The van der Waals surface area contributed by atoms with Crippen molar-refractivity contribution in [2.24, 2.45) is 0 Å². The minimum absolute atomic E-state index is 0.0324. The zero-order valence-corrected chi connectivity index (χ0v) is 12.8. The van der Waals surface area contributed by atoms with E-state index in [0.29, 0.717) is 6.41 Å². The van der Waals surface area contributed by atoms with E-state index in [2.05, 4.69) is 5.32 Å². The molecule has 0 aliphatic carbocycles. The number of nitrogens with one attached hydrogen (secondary N) is 1. The molecule has 0 bridgehead atoms. The van der Waals surface area contributed by atoms with Gasteiger partial charge >= 0.3 is 0 Å². The molecular formula is C15H22ClNO3. The highest BCUT2D eigenvalue weighted by molar-refractivity contribution is 6.18. The summed E-state index contributed by atoms with van der Waals surface area (Å²) in [5, 5.41) is 12.8. The summed E-state index contributed by atoms with van der Waals surface area (Å²) < 4.78 is 5.90. The van der Waals surface area contributed by atoms with Gasteiger partial charge in [0.25, 0.3) is 0 Å². The van der Waals surface area contributed by atoms with E-state index < -0.39 is 23.9 Å². The highest BCUT2D eigenvalue weighted by Gasteiger charge is 2.33. The average Bonchev–Trinajstić information content (AvgIpc) is 2.41. The summed E-state index contributed by atoms with van der Waals surface area (Å²) >= 11 is 5.76. The minimum atomic E-state index is -0.881. The van der Waals surface area contributed by atoms with Crippen LogP contribution in [0.5, 0.6) is 0 Å². The van der Waals surface area contributed by atoms with Crippen molar-refractivity contribution in [1.29, 1.82) is 0 Å². The van der Waals surface area contributed by atoms with Gasteiger partial charge in [-0.2, -0.15) is 0 Å². The average molecular weight is 300 g/mol. The Morgan fingerprint density at radius 1 is 1.35 bits per heavy atom. The van der Waals surface area contributed by atoms with Crippen LogP contribution in [0.3, 0.4) is 0 Å². The van der Waals surface area contributed by atoms with Gasteiger partial charge in [-0.15, -0.1) is 11.6 Å². The van der Waals surface area contributed by atoms with Gasteiger partial charge in [0.05, 0.1) is 23.6 Å². The SMILES string of the molecule is CC(C)(C)O[C@@H](C(NC=O)c1ccccc1)[C@@H](O)CCl. The zero-order valence-electron chi connectivity index (χ0n) is 12.0. The Morgan fingerprint density at radius 3 is 2.40 bits per heavy atom. The van der Waals surface area contributed by atoms with Gasteiger partial charge in [-0.05, 0) is 26.3 Å². The Balaban J connectivity index is 3.07. The molecule has 1 aromatic carbocycles. The van der Waals surface area contributed by atoms with Gasteiger partial charge in [0.2, 0.25) is 6.41 Å². The zero-order chi connectivity index (χ0) is 15.2. The van der Waals surface area contributed by atoms with Crippen molar-refractivity contribution in [3.63, 3.8) is 0 Å². The molecule has 0 fully saturated rings. The molecule has 0 heterocycles. The number of hydrogen-bond acceptors (Lipinski definition) is 3. The number of rotatable bonds is 7. The molecule has 1 amide bonds. The van der Waals surface area contributed by atoms with Crippen LogP contribution in [-0.4, -0.2) is 35.2 Å². The number of carbonyl (C=O) groups excluding carboxylic acids is 1. The fourth-order valence-corrected chi connectivity index (χ4v) is 2.15. The van der Waals surface area contributed by atoms with E-state index in [-0.39, 0.29) is 5.88 Å². The number of carbonyl (C=O) groups is 1. The number of ether oxygens (including phenoxy) is 1. The van der Waals surface area contributed by atoms with Crippen LogP contribution in [-0.2, 0) is 9.53 Å². The smallest absolute Gasteiger partial charge is 0.207 e. The summed E-state index contributed by atoms with van der Waals surface area (Å²) in [5.41, 5.74) is 0.396. The first-order valence-corrected chi connectivity index (χ1v) is 7.09. The molecule has 20 heavy (non-hydrogen) atoms. The second-order valence-corrected chi connectivity index (χ2v) is 5.90. The molecule has 0 saturated carbocycles. The third-order valence-electron chi connectivity index (χ3n) is 2.76. The van der Waals surface area contributed by atoms with Crippen molar-refractivity contribution in [3.05, 3.63) is 35.9 Å². The van der Waals surface area contributed by atoms with Crippen LogP contribution in [0.1, 0.15) is 32.4 Å². The molecule has 5 heteroatoms. The molecule has 0 aromatic heterocycles. The summed E-state index contributed by atoms with van der Waals surface area (Å²) in [6.45, 7) is 5.68. The molecule has 0 aliphatic heterocycles. The number of halogens is 1. The lowest BCUT2D eigenvalue weighted by molar-refractivity contribution is -0.127. The normalized spacial score (nSPS) is 16.2. The van der Waals surface area contributed by atoms with Gasteiger partial charge in [-0.3, -0.25) is 4.79 Å². The maximum absolute atomic E-state index is 10.9. The molecule has 4 nitrogen and oxygen atoms in total. The van der Waals surface area contributed by atoms with Gasteiger partial charge in [0.15, 0.2) is 0 Å². The Bertz CT molecular complexity index is 405. The summed E-state index contributed by atoms with van der Waals surface area (Å²) in [4.78, 5) is 10.9. The fraction of sp³-hybridized carbons (Fsp3) is 0.533. The molecular weight excluding hydrogens is 278 g/mol. The first-order valence-electron chi connectivity index (χ1n) is 6.55. The van der Waals surface area contributed by atoms with Crippen molar-refractivity contribution < 1.29 is 14.6 Å². The van der Waals surface area contributed by atoms with E-state index in [9.17, 15) is 9.90 Å². The second-order valence-electron chi connectivity index (χ2n) is 5.59. The predicted molar refractivity (Wildman–Crippen MR) is 79.7 cm³/mol. The predicted octanol–water partition coefficient (Wildman–Crippen LogP) is 2.26. The van der Waals surface area contributed by atoms with Crippen LogP contribution in [0, 0.1) is 0 Å². The lowest BCUT2D eigenvalue weighted by Gasteiger charge is -2.35. The Kier molecular flexibility index (Phi) is 6.46. The number of benzene rings is 1. The second kappa shape index (κ2) is 7.62. The number of amides is 1. The minimum Gasteiger partial charge on any atom is -0.389 e. The van der Waals surface area contributed by atoms with Crippen molar-refractivity contribution in [2.45, 2.75) is 44.6 Å². The summed E-state index contributed by atoms with van der Waals surface area (Å²) in [5.74, 6) is 0.0324. The summed E-state index contributed by atoms with van der Waals surface area (Å²) in [7, 11) is 0. The van der Waals surface area contributed by atoms with Crippen LogP contribution in [0.25, 0.3) is 0 Å². The lowest BCUT2D eigenvalue weighted by Crippen LogP contribution is -2.45. The molecule has 0 spiro atoms. The summed E-state index contributed by atoms with van der Waals surface area (Å²) in [6.07, 6.45) is -0.897. The van der Waals surface area contributed by atoms with Crippen LogP contribution in [0.4, 0.5) is 0 Å². The standard InChI is InChI=1S/C15H22ClNO3/c1-15(2,3)20-14(12(19)9-16)13(17-10-18)11-7-5-4-6-8-11/h4-8,10,12-14,19H,9H2,1-3H3,(H,17,18)/t12-,13?,14+/m0/s1. The number of hydrogen-bond donors (Lipinski definition) is 2. The van der Waals surface area contributed by atoms with E-state index in [0.717, 1.165) is 5.56 Å². The maximum atomic E-state index is 10.9. The van der Waals surface area contributed by atoms with Gasteiger partial charge in [-0.25, -0.2) is 0 Å². The quantitative estimate of drug-likeness (QED) is 0.600. The molecule has 1 rings (SSSR count). The van der Waals surface area contributed by atoms with E-state index in [1.807, 2.05) is 51.1 Å². The van der Waals surface area contributed by atoms with Gasteiger partial charge < -0.3 is 15.2 Å². The third-order valence-corrected chi connectivity index (χ3v) is 3.08. The van der Waals surface area contributed by atoms with E-state index in [1.54, 1.807) is 0 Å². The molecule has 3 atom stereocenters. The molecule has 0 radical (unpaired) electrons. The van der Waals surface area contributed by atoms with Crippen LogP contribution < -0.4 is 5.32 Å². The summed E-state index contributed by atoms with van der Waals surface area (Å²) in [6, 6.07) is 8.93. The number of aliphatic hydroxyl groups excluding tert-OH is 1. The molecule has 0 aliphatic rings. The van der Waals surface area contributed by atoms with Crippen molar-refractivity contribution in [2.75, 3.05) is 5.88 Å². The molecule has 2 N–H and O–H groups in total. The van der Waals surface area contributed by atoms with Gasteiger partial charge in [0.1, 0.15) is 6.10 Å². The monoisotopic (exact) mass is 299 g/mol. The highest BCUT2D eigenvalue weighted by atomic mass is 35.5. The number of aliphatic hydroxyl groups is 1. The van der Waals surface area contributed by atoms with Crippen LogP contribution in [0.2, 0.25) is 0 Å². The van der Waals surface area contributed by atoms with Crippen molar-refractivity contribution in [1.82, 2.24) is 5.32 Å². The van der Waals surface area contributed by atoms with E-state index in [4.69, 9.17) is 16.3 Å².